The minimum atomic E-state index is 0.552. The van der Waals surface area contributed by atoms with Gasteiger partial charge in [0.05, 0.1) is 0 Å². The fourth-order valence-corrected chi connectivity index (χ4v) is 3.38. The van der Waals surface area contributed by atoms with E-state index in [-0.39, 0.29) is 0 Å². The first-order valence-corrected chi connectivity index (χ1v) is 8.48. The van der Waals surface area contributed by atoms with E-state index in [1.165, 1.54) is 29.5 Å². The third kappa shape index (κ3) is 3.57. The molecule has 2 heteroatoms. The second kappa shape index (κ2) is 7.57. The zero-order valence-electron chi connectivity index (χ0n) is 13.5. The Balaban J connectivity index is 1.87. The van der Waals surface area contributed by atoms with E-state index in [0.717, 1.165) is 26.2 Å². The Morgan fingerprint density at radius 2 is 1.68 bits per heavy atom. The maximum Gasteiger partial charge on any atom is 0.0349 e. The molecule has 1 saturated heterocycles. The smallest absolute Gasteiger partial charge is 0.0349 e. The van der Waals surface area contributed by atoms with Gasteiger partial charge in [-0.3, -0.25) is 4.90 Å². The van der Waals surface area contributed by atoms with E-state index < -0.39 is 0 Å². The van der Waals surface area contributed by atoms with Crippen LogP contribution < -0.4 is 5.32 Å². The highest BCUT2D eigenvalue weighted by Gasteiger charge is 2.21. The van der Waals surface area contributed by atoms with E-state index in [2.05, 4.69) is 71.7 Å². The highest BCUT2D eigenvalue weighted by molar-refractivity contribution is 5.64. The molecule has 0 bridgehead atoms. The number of nitrogens with zero attached hydrogens (tertiary/aromatic N) is 1. The molecule has 0 amide bonds. The third-order valence-electron chi connectivity index (χ3n) is 4.53. The number of nitrogens with one attached hydrogen (secondary N) is 1. The van der Waals surface area contributed by atoms with Gasteiger partial charge in [0.15, 0.2) is 0 Å². The maximum absolute atomic E-state index is 3.46. The molecule has 0 aliphatic carbocycles. The molecule has 116 valence electrons. The summed E-state index contributed by atoms with van der Waals surface area (Å²) in [6.07, 6.45) is 2.46. The van der Waals surface area contributed by atoms with E-state index in [1.54, 1.807) is 0 Å². The quantitative estimate of drug-likeness (QED) is 0.893. The molecule has 1 atom stereocenters. The fraction of sp³-hybridized carbons (Fsp3) is 0.400. The Kier molecular flexibility index (Phi) is 5.25. The van der Waals surface area contributed by atoms with Crippen LogP contribution in [0.4, 0.5) is 0 Å². The van der Waals surface area contributed by atoms with Crippen molar-refractivity contribution in [3.63, 3.8) is 0 Å². The number of rotatable bonds is 5. The monoisotopic (exact) mass is 294 g/mol. The molecule has 0 radical (unpaired) electrons. The first kappa shape index (κ1) is 15.3. The number of hydrogen-bond donors (Lipinski definition) is 1. The van der Waals surface area contributed by atoms with Crippen molar-refractivity contribution in [3.8, 4) is 11.1 Å². The molecule has 0 saturated carbocycles. The van der Waals surface area contributed by atoms with Gasteiger partial charge in [0.2, 0.25) is 0 Å². The first-order valence-electron chi connectivity index (χ1n) is 8.48. The predicted molar refractivity (Wildman–Crippen MR) is 94.0 cm³/mol. The van der Waals surface area contributed by atoms with Crippen molar-refractivity contribution >= 4 is 0 Å². The van der Waals surface area contributed by atoms with Crippen LogP contribution in [0.5, 0.6) is 0 Å². The second-order valence-corrected chi connectivity index (χ2v) is 6.08. The Morgan fingerprint density at radius 3 is 2.41 bits per heavy atom. The fourth-order valence-electron chi connectivity index (χ4n) is 3.38. The van der Waals surface area contributed by atoms with Crippen LogP contribution in [0.25, 0.3) is 11.1 Å². The van der Waals surface area contributed by atoms with Crippen LogP contribution in [0.3, 0.4) is 0 Å². The molecular weight excluding hydrogens is 268 g/mol. The Hall–Kier alpha value is -1.64. The predicted octanol–water partition coefficient (Wildman–Crippen LogP) is 4.10. The van der Waals surface area contributed by atoms with Crippen LogP contribution in [-0.4, -0.2) is 31.1 Å². The lowest BCUT2D eigenvalue weighted by Gasteiger charge is -2.35. The molecule has 0 aromatic heterocycles. The number of benzene rings is 2. The lowest BCUT2D eigenvalue weighted by molar-refractivity contribution is 0.164. The Labute approximate surface area is 134 Å². The average molecular weight is 294 g/mol. The van der Waals surface area contributed by atoms with Crippen LogP contribution in [0.2, 0.25) is 0 Å². The topological polar surface area (TPSA) is 15.3 Å². The van der Waals surface area contributed by atoms with Gasteiger partial charge in [0.1, 0.15) is 0 Å². The van der Waals surface area contributed by atoms with E-state index in [4.69, 9.17) is 0 Å². The lowest BCUT2D eigenvalue weighted by Crippen LogP contribution is -2.45. The van der Waals surface area contributed by atoms with E-state index in [1.807, 2.05) is 0 Å². The van der Waals surface area contributed by atoms with Crippen molar-refractivity contribution in [1.29, 1.82) is 0 Å². The molecule has 0 unspecified atom stereocenters. The van der Waals surface area contributed by atoms with Gasteiger partial charge in [0, 0.05) is 32.2 Å². The Bertz CT molecular complexity index is 573. The van der Waals surface area contributed by atoms with Crippen molar-refractivity contribution < 1.29 is 0 Å². The summed E-state index contributed by atoms with van der Waals surface area (Å²) in [6.45, 7) is 6.81. The standard InChI is InChI=1S/C20H26N2/c1-2-7-20(22-14-12-21-13-15-22)19-11-6-10-18(16-19)17-8-4-3-5-9-17/h3-6,8-11,16,20-21H,2,7,12-15H2,1H3/t20-/m0/s1. The van der Waals surface area contributed by atoms with E-state index in [0.29, 0.717) is 6.04 Å². The highest BCUT2D eigenvalue weighted by atomic mass is 15.2. The minimum absolute atomic E-state index is 0.552. The van der Waals surface area contributed by atoms with Gasteiger partial charge in [-0.1, -0.05) is 61.9 Å². The van der Waals surface area contributed by atoms with E-state index >= 15 is 0 Å². The Morgan fingerprint density at radius 1 is 0.955 bits per heavy atom. The summed E-state index contributed by atoms with van der Waals surface area (Å²) >= 11 is 0. The largest absolute Gasteiger partial charge is 0.314 e. The van der Waals surface area contributed by atoms with Gasteiger partial charge in [-0.2, -0.15) is 0 Å². The normalized spacial score (nSPS) is 17.3. The third-order valence-corrected chi connectivity index (χ3v) is 4.53. The van der Waals surface area contributed by atoms with Crippen molar-refractivity contribution in [2.24, 2.45) is 0 Å². The summed E-state index contributed by atoms with van der Waals surface area (Å²) in [5, 5.41) is 3.46. The lowest BCUT2D eigenvalue weighted by atomic mass is 9.95. The van der Waals surface area contributed by atoms with Crippen LogP contribution >= 0.6 is 0 Å². The molecule has 0 spiro atoms. The summed E-state index contributed by atoms with van der Waals surface area (Å²) in [5.74, 6) is 0. The number of piperazine rings is 1. The molecule has 3 rings (SSSR count). The molecule has 2 aromatic carbocycles. The molecule has 1 fully saturated rings. The molecule has 2 aromatic rings. The molecular formula is C20H26N2. The van der Waals surface area contributed by atoms with Crippen LogP contribution in [0.15, 0.2) is 54.6 Å². The molecule has 2 nitrogen and oxygen atoms in total. The van der Waals surface area contributed by atoms with E-state index in [9.17, 15) is 0 Å². The van der Waals surface area contributed by atoms with Gasteiger partial charge in [-0.05, 0) is 29.2 Å². The summed E-state index contributed by atoms with van der Waals surface area (Å²) in [7, 11) is 0. The molecule has 1 heterocycles. The van der Waals surface area contributed by atoms with Gasteiger partial charge >= 0.3 is 0 Å². The van der Waals surface area contributed by atoms with Gasteiger partial charge in [-0.25, -0.2) is 0 Å². The van der Waals surface area contributed by atoms with Crippen LogP contribution in [0, 0.1) is 0 Å². The summed E-state index contributed by atoms with van der Waals surface area (Å²) in [4.78, 5) is 2.64. The second-order valence-electron chi connectivity index (χ2n) is 6.08. The zero-order valence-corrected chi connectivity index (χ0v) is 13.5. The molecule has 22 heavy (non-hydrogen) atoms. The maximum atomic E-state index is 3.46. The number of hydrogen-bond acceptors (Lipinski definition) is 2. The summed E-state index contributed by atoms with van der Waals surface area (Å²) in [5.41, 5.74) is 4.10. The molecule has 1 aliphatic rings. The molecule has 1 N–H and O–H groups in total. The average Bonchev–Trinajstić information content (AvgIpc) is 2.61. The van der Waals surface area contributed by atoms with Crippen molar-refractivity contribution in [2.75, 3.05) is 26.2 Å². The SMILES string of the molecule is CCC[C@@H](c1cccc(-c2ccccc2)c1)N1CCNCC1. The summed E-state index contributed by atoms with van der Waals surface area (Å²) in [6, 6.07) is 20.4. The summed E-state index contributed by atoms with van der Waals surface area (Å²) < 4.78 is 0. The van der Waals surface area contributed by atoms with Gasteiger partial charge in [0.25, 0.3) is 0 Å². The first-order chi connectivity index (χ1) is 10.9. The molecule has 1 aliphatic heterocycles. The highest BCUT2D eigenvalue weighted by Crippen LogP contribution is 2.29. The van der Waals surface area contributed by atoms with Crippen molar-refractivity contribution in [2.45, 2.75) is 25.8 Å². The van der Waals surface area contributed by atoms with Crippen molar-refractivity contribution in [1.82, 2.24) is 10.2 Å². The van der Waals surface area contributed by atoms with Crippen LogP contribution in [-0.2, 0) is 0 Å². The van der Waals surface area contributed by atoms with Crippen LogP contribution in [0.1, 0.15) is 31.4 Å². The van der Waals surface area contributed by atoms with Crippen molar-refractivity contribution in [3.05, 3.63) is 60.2 Å². The minimum Gasteiger partial charge on any atom is -0.314 e. The zero-order chi connectivity index (χ0) is 15.2. The van der Waals surface area contributed by atoms with Gasteiger partial charge in [-0.15, -0.1) is 0 Å². The van der Waals surface area contributed by atoms with Gasteiger partial charge < -0.3 is 5.32 Å².